The molecule has 1 fully saturated rings. The van der Waals surface area contributed by atoms with Crippen molar-refractivity contribution in [3.8, 4) is 28.3 Å². The number of hydrogen-bond donors (Lipinski definition) is 2. The molecular formula is C39H36ClF2N7O5. The van der Waals surface area contributed by atoms with E-state index >= 15 is 0 Å². The summed E-state index contributed by atoms with van der Waals surface area (Å²) in [6.45, 7) is 0.489. The molecule has 3 aromatic heterocycles. The van der Waals surface area contributed by atoms with Crippen molar-refractivity contribution in [2.75, 3.05) is 26.6 Å². The maximum atomic E-state index is 14.1. The van der Waals surface area contributed by atoms with Gasteiger partial charge in [0.05, 0.1) is 59.3 Å². The van der Waals surface area contributed by atoms with Gasteiger partial charge < -0.3 is 19.9 Å². The largest absolute Gasteiger partial charge is 0.496 e. The van der Waals surface area contributed by atoms with E-state index in [0.717, 1.165) is 34.9 Å². The second-order valence-electron chi connectivity index (χ2n) is 13.2. The first kappa shape index (κ1) is 36.6. The van der Waals surface area contributed by atoms with Crippen LogP contribution in [0.2, 0.25) is 5.02 Å². The van der Waals surface area contributed by atoms with Crippen LogP contribution in [0.3, 0.4) is 0 Å². The number of pyridine rings is 1. The molecular weight excluding hydrogens is 720 g/mol. The van der Waals surface area contributed by atoms with Gasteiger partial charge in [0.15, 0.2) is 17.9 Å². The number of aldehydes is 1. The molecule has 12 nitrogen and oxygen atoms in total. The highest BCUT2D eigenvalue weighted by Gasteiger charge is 2.28. The van der Waals surface area contributed by atoms with Gasteiger partial charge in [0.2, 0.25) is 0 Å². The number of carboxylic acids is 1. The Morgan fingerprint density at radius 3 is 2.41 bits per heavy atom. The van der Waals surface area contributed by atoms with E-state index in [1.807, 2.05) is 31.3 Å². The molecule has 0 saturated heterocycles. The van der Waals surface area contributed by atoms with Crippen molar-refractivity contribution in [3.63, 3.8) is 0 Å². The second-order valence-corrected chi connectivity index (χ2v) is 13.5. The zero-order chi connectivity index (χ0) is 38.1. The highest BCUT2D eigenvalue weighted by molar-refractivity contribution is 6.36. The summed E-state index contributed by atoms with van der Waals surface area (Å²) in [6, 6.07) is 16.4. The quantitative estimate of drug-likeness (QED) is 0.116. The minimum absolute atomic E-state index is 0.0777. The van der Waals surface area contributed by atoms with Crippen LogP contribution in [0.4, 0.5) is 20.3 Å². The molecule has 0 atom stereocenters. The molecule has 0 spiro atoms. The van der Waals surface area contributed by atoms with Crippen LogP contribution in [0.25, 0.3) is 38.8 Å². The molecule has 3 aromatic carbocycles. The van der Waals surface area contributed by atoms with Gasteiger partial charge in [-0.05, 0) is 62.1 Å². The number of hydrogen-bond acceptors (Lipinski definition) is 10. The SMILES string of the molecule is COc1cc(-n2ncc3c(-c4cccc(Nc5nc(C(F)F)nc6cc(CN(C)C7CCC(C(=O)O)CC7)cnc56)c4Cl)cccc32)cc(OC)c1C=O. The first-order valence-electron chi connectivity index (χ1n) is 17.2. The number of aliphatic carboxylic acids is 1. The number of methoxy groups -OCH3 is 2. The van der Waals surface area contributed by atoms with Crippen LogP contribution in [0.5, 0.6) is 11.5 Å². The molecule has 3 heterocycles. The Hall–Kier alpha value is -5.73. The van der Waals surface area contributed by atoms with Gasteiger partial charge in [-0.1, -0.05) is 35.9 Å². The lowest BCUT2D eigenvalue weighted by atomic mass is 9.85. The van der Waals surface area contributed by atoms with Crippen molar-refractivity contribution in [2.24, 2.45) is 5.92 Å². The molecule has 0 unspecified atom stereocenters. The third kappa shape index (κ3) is 7.01. The average molecular weight is 756 g/mol. The van der Waals surface area contributed by atoms with E-state index in [-0.39, 0.29) is 28.9 Å². The minimum atomic E-state index is -2.93. The number of carbonyl (C=O) groups excluding carboxylic acids is 1. The lowest BCUT2D eigenvalue weighted by molar-refractivity contribution is -0.143. The Kier molecular flexibility index (Phi) is 10.4. The molecule has 7 rings (SSSR count). The van der Waals surface area contributed by atoms with Crippen molar-refractivity contribution in [3.05, 3.63) is 89.0 Å². The van der Waals surface area contributed by atoms with Crippen molar-refractivity contribution in [1.82, 2.24) is 29.6 Å². The number of anilines is 2. The summed E-state index contributed by atoms with van der Waals surface area (Å²) in [6.07, 6.45) is 3.88. The van der Waals surface area contributed by atoms with E-state index in [0.29, 0.717) is 64.6 Å². The summed E-state index contributed by atoms with van der Waals surface area (Å²) in [5.74, 6) is -0.971. The normalized spacial score (nSPS) is 15.9. The van der Waals surface area contributed by atoms with Gasteiger partial charge in [-0.15, -0.1) is 0 Å². The summed E-state index contributed by atoms with van der Waals surface area (Å²) in [5, 5.41) is 18.2. The van der Waals surface area contributed by atoms with Gasteiger partial charge in [-0.25, -0.2) is 23.4 Å². The summed E-state index contributed by atoms with van der Waals surface area (Å²) >= 11 is 7.06. The second kappa shape index (κ2) is 15.3. The van der Waals surface area contributed by atoms with Crippen LogP contribution in [0, 0.1) is 5.92 Å². The molecule has 278 valence electrons. The lowest BCUT2D eigenvalue weighted by Crippen LogP contribution is -2.36. The van der Waals surface area contributed by atoms with Crippen molar-refractivity contribution >= 4 is 57.3 Å². The Balaban J connectivity index is 1.20. The molecule has 1 aliphatic carbocycles. The molecule has 1 aliphatic rings. The number of rotatable bonds is 12. The Morgan fingerprint density at radius 2 is 1.74 bits per heavy atom. The number of benzene rings is 3. The molecule has 1 saturated carbocycles. The van der Waals surface area contributed by atoms with Gasteiger partial charge >= 0.3 is 5.97 Å². The van der Waals surface area contributed by atoms with Gasteiger partial charge in [-0.3, -0.25) is 19.5 Å². The Labute approximate surface area is 313 Å². The topological polar surface area (TPSA) is 145 Å². The fourth-order valence-corrected chi connectivity index (χ4v) is 7.42. The zero-order valence-corrected chi connectivity index (χ0v) is 30.3. The van der Waals surface area contributed by atoms with Crippen LogP contribution < -0.4 is 14.8 Å². The summed E-state index contributed by atoms with van der Waals surface area (Å²) in [5.41, 5.74) is 4.80. The third-order valence-electron chi connectivity index (χ3n) is 9.95. The summed E-state index contributed by atoms with van der Waals surface area (Å²) in [7, 11) is 4.91. The van der Waals surface area contributed by atoms with Crippen LogP contribution in [0.15, 0.2) is 67.0 Å². The molecule has 54 heavy (non-hydrogen) atoms. The number of halogens is 3. The smallest absolute Gasteiger partial charge is 0.306 e. The van der Waals surface area contributed by atoms with Crippen molar-refractivity contribution in [1.29, 1.82) is 0 Å². The number of fused-ring (bicyclic) bond motifs is 2. The number of aromatic nitrogens is 5. The number of ether oxygens (including phenoxy) is 2. The zero-order valence-electron chi connectivity index (χ0n) is 29.6. The molecule has 15 heteroatoms. The van der Waals surface area contributed by atoms with Gasteiger partial charge in [0.25, 0.3) is 6.43 Å². The van der Waals surface area contributed by atoms with E-state index in [1.54, 1.807) is 47.4 Å². The fourth-order valence-electron chi connectivity index (χ4n) is 7.15. The predicted octanol–water partition coefficient (Wildman–Crippen LogP) is 8.27. The van der Waals surface area contributed by atoms with E-state index in [2.05, 4.69) is 30.3 Å². The van der Waals surface area contributed by atoms with Crippen molar-refractivity contribution < 1.29 is 33.0 Å². The number of nitrogens with zero attached hydrogens (tertiary/aromatic N) is 6. The van der Waals surface area contributed by atoms with E-state index in [4.69, 9.17) is 21.1 Å². The predicted molar refractivity (Wildman–Crippen MR) is 200 cm³/mol. The Bertz CT molecular complexity index is 2360. The number of nitrogens with one attached hydrogen (secondary N) is 1. The molecule has 0 aliphatic heterocycles. The van der Waals surface area contributed by atoms with Crippen molar-refractivity contribution in [2.45, 2.75) is 44.7 Å². The monoisotopic (exact) mass is 755 g/mol. The number of alkyl halides is 2. The lowest BCUT2D eigenvalue weighted by Gasteiger charge is -2.33. The van der Waals surface area contributed by atoms with Gasteiger partial charge in [0, 0.05) is 41.9 Å². The standard InChI is InChI=1S/C39H36ClF2N7O5/c1-48(23-12-10-22(11-13-23)39(51)52)19-21-14-30-35(43-17-21)37(47-38(46-30)36(41)42)45-29-8-4-7-26(34(29)40)25-6-5-9-31-27(25)18-44-49(31)24-15-32(53-2)28(20-50)33(16-24)54-3/h4-9,14-18,20,22-23,36H,10-13,19H2,1-3H3,(H,51,52)(H,45,46,47). The van der Waals surface area contributed by atoms with E-state index in [9.17, 15) is 23.5 Å². The summed E-state index contributed by atoms with van der Waals surface area (Å²) in [4.78, 5) is 38.1. The molecule has 6 aromatic rings. The maximum absolute atomic E-state index is 14.1. The molecule has 0 bridgehead atoms. The third-order valence-corrected chi connectivity index (χ3v) is 10.4. The van der Waals surface area contributed by atoms with Crippen LogP contribution in [-0.2, 0) is 11.3 Å². The molecule has 0 amide bonds. The first-order valence-corrected chi connectivity index (χ1v) is 17.6. The highest BCUT2D eigenvalue weighted by Crippen LogP contribution is 2.40. The van der Waals surface area contributed by atoms with Crippen LogP contribution >= 0.6 is 11.6 Å². The number of carboxylic acid groups (broad SMARTS) is 1. The average Bonchev–Trinajstić information content (AvgIpc) is 3.62. The minimum Gasteiger partial charge on any atom is -0.496 e. The maximum Gasteiger partial charge on any atom is 0.306 e. The highest BCUT2D eigenvalue weighted by atomic mass is 35.5. The molecule has 2 N–H and O–H groups in total. The first-order chi connectivity index (χ1) is 26.1. The van der Waals surface area contributed by atoms with E-state index < -0.39 is 18.2 Å². The van der Waals surface area contributed by atoms with Gasteiger partial charge in [0.1, 0.15) is 17.0 Å². The van der Waals surface area contributed by atoms with Crippen LogP contribution in [0.1, 0.15) is 53.9 Å². The van der Waals surface area contributed by atoms with Gasteiger partial charge in [-0.2, -0.15) is 5.10 Å². The van der Waals surface area contributed by atoms with E-state index in [1.165, 1.54) is 14.2 Å². The number of carbonyl (C=O) groups is 2. The summed E-state index contributed by atoms with van der Waals surface area (Å²) < 4.78 is 40.9. The Morgan fingerprint density at radius 1 is 1.04 bits per heavy atom. The van der Waals surface area contributed by atoms with Crippen LogP contribution in [-0.4, -0.2) is 74.3 Å². The fraction of sp³-hybridized carbons (Fsp3) is 0.282. The molecule has 0 radical (unpaired) electrons.